The third kappa shape index (κ3) is 3.10. The number of hydrogen-bond acceptors (Lipinski definition) is 4. The van der Waals surface area contributed by atoms with Crippen molar-refractivity contribution in [2.45, 2.75) is 43.3 Å². The summed E-state index contributed by atoms with van der Waals surface area (Å²) < 4.78 is 0.955. The minimum absolute atomic E-state index is 0.578. The predicted octanol–water partition coefficient (Wildman–Crippen LogP) is 3.71. The fourth-order valence-electron chi connectivity index (χ4n) is 1.99. The van der Waals surface area contributed by atoms with Gasteiger partial charge in [-0.2, -0.15) is 0 Å². The molecular weight excluding hydrogens is 286 g/mol. The number of nitrogens with zero attached hydrogens (tertiary/aromatic N) is 2. The molecule has 5 heteroatoms. The van der Waals surface area contributed by atoms with Gasteiger partial charge in [-0.15, -0.1) is 0 Å². The van der Waals surface area contributed by atoms with Gasteiger partial charge in [0, 0.05) is 12.2 Å². The van der Waals surface area contributed by atoms with Gasteiger partial charge in [-0.25, -0.2) is 9.97 Å². The molecule has 0 aromatic carbocycles. The highest BCUT2D eigenvalue weighted by atomic mass is 79.9. The third-order valence-corrected chi connectivity index (χ3v) is 3.99. The van der Waals surface area contributed by atoms with Crippen LogP contribution >= 0.6 is 27.7 Å². The van der Waals surface area contributed by atoms with Gasteiger partial charge in [-0.3, -0.25) is 0 Å². The number of thioether (sulfide) groups is 1. The Morgan fingerprint density at radius 2 is 2.12 bits per heavy atom. The summed E-state index contributed by atoms with van der Waals surface area (Å²) in [7, 11) is 0. The predicted molar refractivity (Wildman–Crippen MR) is 72.0 cm³/mol. The second-order valence-electron chi connectivity index (χ2n) is 4.03. The highest BCUT2D eigenvalue weighted by Crippen LogP contribution is 2.26. The summed E-state index contributed by atoms with van der Waals surface area (Å²) in [5.74, 6) is 0.936. The van der Waals surface area contributed by atoms with E-state index in [0.29, 0.717) is 6.04 Å². The maximum Gasteiger partial charge on any atom is 0.189 e. The molecule has 1 fully saturated rings. The number of aromatic nitrogens is 2. The highest BCUT2D eigenvalue weighted by molar-refractivity contribution is 9.10. The van der Waals surface area contributed by atoms with Gasteiger partial charge in [-0.05, 0) is 35.0 Å². The van der Waals surface area contributed by atoms with Crippen LogP contribution in [0.25, 0.3) is 0 Å². The van der Waals surface area contributed by atoms with Gasteiger partial charge < -0.3 is 5.32 Å². The van der Waals surface area contributed by atoms with Crippen LogP contribution < -0.4 is 5.32 Å². The standard InChI is InChI=1S/C11H16BrN3S/c1-16-11-13-7-9(12)10(15-11)14-8-5-3-2-4-6-8/h7-8H,2-6H2,1H3,(H,13,14,15). The van der Waals surface area contributed by atoms with Crippen LogP contribution in [0.3, 0.4) is 0 Å². The fraction of sp³-hybridized carbons (Fsp3) is 0.636. The number of nitrogens with one attached hydrogen (secondary N) is 1. The minimum Gasteiger partial charge on any atom is -0.366 e. The monoisotopic (exact) mass is 301 g/mol. The molecule has 0 bridgehead atoms. The van der Waals surface area contributed by atoms with Crippen LogP contribution in [-0.4, -0.2) is 22.3 Å². The number of hydrogen-bond donors (Lipinski definition) is 1. The minimum atomic E-state index is 0.578. The largest absolute Gasteiger partial charge is 0.366 e. The Balaban J connectivity index is 2.06. The van der Waals surface area contributed by atoms with Crippen molar-refractivity contribution in [2.75, 3.05) is 11.6 Å². The van der Waals surface area contributed by atoms with E-state index in [-0.39, 0.29) is 0 Å². The lowest BCUT2D eigenvalue weighted by molar-refractivity contribution is 0.461. The fourth-order valence-corrected chi connectivity index (χ4v) is 2.64. The van der Waals surface area contributed by atoms with E-state index in [1.54, 1.807) is 11.8 Å². The third-order valence-electron chi connectivity index (χ3n) is 2.85. The first-order chi connectivity index (χ1) is 7.79. The number of anilines is 1. The maximum absolute atomic E-state index is 4.48. The van der Waals surface area contributed by atoms with Crippen LogP contribution in [0.4, 0.5) is 5.82 Å². The number of halogens is 1. The molecule has 1 aliphatic rings. The molecule has 1 saturated carbocycles. The van der Waals surface area contributed by atoms with Crippen molar-refractivity contribution in [3.63, 3.8) is 0 Å². The van der Waals surface area contributed by atoms with Gasteiger partial charge >= 0.3 is 0 Å². The lowest BCUT2D eigenvalue weighted by Crippen LogP contribution is -2.23. The topological polar surface area (TPSA) is 37.8 Å². The van der Waals surface area contributed by atoms with Crippen molar-refractivity contribution in [3.8, 4) is 0 Å². The summed E-state index contributed by atoms with van der Waals surface area (Å²) in [5, 5.41) is 4.33. The molecule has 1 aliphatic carbocycles. The van der Waals surface area contributed by atoms with Gasteiger partial charge in [0.1, 0.15) is 5.82 Å². The Morgan fingerprint density at radius 1 is 1.38 bits per heavy atom. The Morgan fingerprint density at radius 3 is 2.81 bits per heavy atom. The smallest absolute Gasteiger partial charge is 0.189 e. The molecule has 0 saturated heterocycles. The van der Waals surface area contributed by atoms with E-state index in [1.165, 1.54) is 32.1 Å². The van der Waals surface area contributed by atoms with Crippen LogP contribution in [0.5, 0.6) is 0 Å². The molecule has 1 aromatic heterocycles. The molecule has 1 aromatic rings. The molecule has 0 spiro atoms. The first kappa shape index (κ1) is 12.2. The summed E-state index contributed by atoms with van der Waals surface area (Å²) in [4.78, 5) is 8.69. The molecule has 3 nitrogen and oxygen atoms in total. The summed E-state index contributed by atoms with van der Waals surface area (Å²) in [6.45, 7) is 0. The van der Waals surface area contributed by atoms with Crippen molar-refractivity contribution < 1.29 is 0 Å². The Hall–Kier alpha value is -0.290. The van der Waals surface area contributed by atoms with Crippen molar-refractivity contribution in [1.82, 2.24) is 9.97 Å². The van der Waals surface area contributed by atoms with Crippen LogP contribution in [0.15, 0.2) is 15.8 Å². The van der Waals surface area contributed by atoms with E-state index < -0.39 is 0 Å². The van der Waals surface area contributed by atoms with E-state index in [1.807, 2.05) is 12.5 Å². The van der Waals surface area contributed by atoms with Gasteiger partial charge in [0.2, 0.25) is 0 Å². The van der Waals surface area contributed by atoms with Gasteiger partial charge in [0.15, 0.2) is 5.16 Å². The van der Waals surface area contributed by atoms with Crippen LogP contribution in [-0.2, 0) is 0 Å². The molecule has 88 valence electrons. The average molecular weight is 302 g/mol. The van der Waals surface area contributed by atoms with E-state index in [2.05, 4.69) is 31.2 Å². The van der Waals surface area contributed by atoms with Crippen LogP contribution in [0, 0.1) is 0 Å². The number of rotatable bonds is 3. The summed E-state index contributed by atoms with van der Waals surface area (Å²) in [5.41, 5.74) is 0. The molecule has 0 radical (unpaired) electrons. The summed E-state index contributed by atoms with van der Waals surface area (Å²) in [6.07, 6.45) is 10.4. The zero-order chi connectivity index (χ0) is 11.4. The van der Waals surface area contributed by atoms with Crippen molar-refractivity contribution in [1.29, 1.82) is 0 Å². The first-order valence-electron chi connectivity index (χ1n) is 5.62. The van der Waals surface area contributed by atoms with E-state index in [4.69, 9.17) is 0 Å². The molecule has 0 unspecified atom stereocenters. The van der Waals surface area contributed by atoms with Gasteiger partial charge in [-0.1, -0.05) is 31.0 Å². The lowest BCUT2D eigenvalue weighted by atomic mass is 9.95. The average Bonchev–Trinajstić information content (AvgIpc) is 2.33. The van der Waals surface area contributed by atoms with E-state index in [0.717, 1.165) is 15.4 Å². The molecule has 2 rings (SSSR count). The molecule has 0 aliphatic heterocycles. The summed E-state index contributed by atoms with van der Waals surface area (Å²) >= 11 is 5.06. The van der Waals surface area contributed by atoms with Crippen LogP contribution in [0.1, 0.15) is 32.1 Å². The Bertz CT molecular complexity index is 353. The normalized spacial score (nSPS) is 17.4. The van der Waals surface area contributed by atoms with Crippen molar-refractivity contribution >= 4 is 33.5 Å². The quantitative estimate of drug-likeness (QED) is 0.682. The summed E-state index contributed by atoms with van der Waals surface area (Å²) in [6, 6.07) is 0.578. The highest BCUT2D eigenvalue weighted by Gasteiger charge is 2.15. The molecule has 0 amide bonds. The second-order valence-corrected chi connectivity index (χ2v) is 5.66. The lowest BCUT2D eigenvalue weighted by Gasteiger charge is -2.23. The first-order valence-corrected chi connectivity index (χ1v) is 7.64. The molecule has 16 heavy (non-hydrogen) atoms. The van der Waals surface area contributed by atoms with E-state index >= 15 is 0 Å². The second kappa shape index (κ2) is 5.87. The van der Waals surface area contributed by atoms with Crippen molar-refractivity contribution in [2.24, 2.45) is 0 Å². The SMILES string of the molecule is CSc1ncc(Br)c(NC2CCCCC2)n1. The zero-order valence-corrected chi connectivity index (χ0v) is 11.8. The van der Waals surface area contributed by atoms with Gasteiger partial charge in [0.05, 0.1) is 4.47 Å². The molecular formula is C11H16BrN3S. The Kier molecular flexibility index (Phi) is 4.46. The van der Waals surface area contributed by atoms with E-state index in [9.17, 15) is 0 Å². The molecule has 1 heterocycles. The van der Waals surface area contributed by atoms with Gasteiger partial charge in [0.25, 0.3) is 0 Å². The zero-order valence-electron chi connectivity index (χ0n) is 9.37. The van der Waals surface area contributed by atoms with Crippen LogP contribution in [0.2, 0.25) is 0 Å². The molecule has 1 N–H and O–H groups in total. The maximum atomic E-state index is 4.48. The Labute approximate surface area is 109 Å². The molecule has 0 atom stereocenters. The van der Waals surface area contributed by atoms with Crippen molar-refractivity contribution in [3.05, 3.63) is 10.7 Å².